The summed E-state index contributed by atoms with van der Waals surface area (Å²) in [5.41, 5.74) is 2.32. The smallest absolute Gasteiger partial charge is 0.337 e. The van der Waals surface area contributed by atoms with Crippen LogP contribution in [0.25, 0.3) is 16.6 Å². The molecule has 0 fully saturated rings. The van der Waals surface area contributed by atoms with Crippen molar-refractivity contribution in [2.75, 3.05) is 18.2 Å². The second-order valence-corrected chi connectivity index (χ2v) is 8.69. The van der Waals surface area contributed by atoms with Gasteiger partial charge in [-0.1, -0.05) is 47.6 Å². The lowest BCUT2D eigenvalue weighted by Gasteiger charge is -2.14. The number of hydrogen-bond donors (Lipinski definition) is 1. The summed E-state index contributed by atoms with van der Waals surface area (Å²) in [4.78, 5) is 42.6. The molecule has 0 aliphatic rings. The summed E-state index contributed by atoms with van der Waals surface area (Å²) in [5.74, 6) is -0.790. The van der Waals surface area contributed by atoms with Crippen LogP contribution in [-0.4, -0.2) is 34.3 Å². The van der Waals surface area contributed by atoms with Gasteiger partial charge in [-0.3, -0.25) is 14.2 Å². The summed E-state index contributed by atoms with van der Waals surface area (Å²) in [5, 5.41) is 4.07. The lowest BCUT2D eigenvalue weighted by Crippen LogP contribution is -2.23. The van der Waals surface area contributed by atoms with E-state index >= 15 is 0 Å². The Balaban J connectivity index is 1.71. The number of nitrogens with one attached hydrogen (secondary N) is 1. The Morgan fingerprint density at radius 3 is 2.59 bits per heavy atom. The average Bonchev–Trinajstić information content (AvgIpc) is 2.85. The molecule has 0 bridgehead atoms. The maximum atomic E-state index is 13.4. The van der Waals surface area contributed by atoms with Gasteiger partial charge in [-0.2, -0.15) is 0 Å². The fourth-order valence-corrected chi connectivity index (χ4v) is 4.36. The highest BCUT2D eigenvalue weighted by Gasteiger charge is 2.17. The molecule has 0 aliphatic carbocycles. The third kappa shape index (κ3) is 4.83. The highest BCUT2D eigenvalue weighted by atomic mass is 35.5. The summed E-state index contributed by atoms with van der Waals surface area (Å²) in [6.07, 6.45) is 0. The quantitative estimate of drug-likeness (QED) is 0.234. The van der Waals surface area contributed by atoms with Gasteiger partial charge in [0.2, 0.25) is 5.91 Å². The van der Waals surface area contributed by atoms with E-state index in [1.165, 1.54) is 23.8 Å². The van der Waals surface area contributed by atoms with Gasteiger partial charge < -0.3 is 10.1 Å². The molecule has 0 saturated heterocycles. The minimum absolute atomic E-state index is 0.00737. The Labute approximate surface area is 204 Å². The van der Waals surface area contributed by atoms with Crippen LogP contribution in [0.1, 0.15) is 15.9 Å². The summed E-state index contributed by atoms with van der Waals surface area (Å²) in [6.45, 7) is 1.82. The Kier molecular flexibility index (Phi) is 7.00. The second kappa shape index (κ2) is 10.1. The molecular formula is C25H20ClN3O4S. The molecule has 4 rings (SSSR count). The summed E-state index contributed by atoms with van der Waals surface area (Å²) in [7, 11) is 1.29. The second-order valence-electron chi connectivity index (χ2n) is 7.34. The van der Waals surface area contributed by atoms with Gasteiger partial charge in [-0.25, -0.2) is 9.78 Å². The third-order valence-electron chi connectivity index (χ3n) is 5.15. The SMILES string of the molecule is COC(=O)c1ccc2c(=O)n(-c3ccccc3)c(SCC(=O)Nc3cccc(Cl)c3C)nc2c1. The van der Waals surface area contributed by atoms with Crippen LogP contribution in [0.3, 0.4) is 0 Å². The van der Waals surface area contributed by atoms with Crippen LogP contribution in [0, 0.1) is 6.92 Å². The van der Waals surface area contributed by atoms with Crippen molar-refractivity contribution in [1.29, 1.82) is 0 Å². The van der Waals surface area contributed by atoms with Crippen LogP contribution in [0.15, 0.2) is 76.7 Å². The van der Waals surface area contributed by atoms with Gasteiger partial charge in [0.1, 0.15) is 0 Å². The molecule has 9 heteroatoms. The number of ether oxygens (including phenoxy) is 1. The molecule has 0 radical (unpaired) electrons. The zero-order valence-corrected chi connectivity index (χ0v) is 19.9. The van der Waals surface area contributed by atoms with Crippen molar-refractivity contribution in [1.82, 2.24) is 9.55 Å². The Hall–Kier alpha value is -3.62. The topological polar surface area (TPSA) is 90.3 Å². The van der Waals surface area contributed by atoms with Crippen LogP contribution in [0.5, 0.6) is 0 Å². The summed E-state index contributed by atoms with van der Waals surface area (Å²) in [6, 6.07) is 18.9. The maximum Gasteiger partial charge on any atom is 0.337 e. The average molecular weight is 494 g/mol. The molecule has 172 valence electrons. The molecule has 1 N–H and O–H groups in total. The third-order valence-corrected chi connectivity index (χ3v) is 6.50. The number of thioether (sulfide) groups is 1. The van der Waals surface area contributed by atoms with Crippen LogP contribution in [0.2, 0.25) is 5.02 Å². The molecule has 3 aromatic carbocycles. The first-order valence-corrected chi connectivity index (χ1v) is 11.6. The number of nitrogens with zero attached hydrogens (tertiary/aromatic N) is 2. The van der Waals surface area contributed by atoms with Crippen molar-refractivity contribution in [3.05, 3.63) is 93.2 Å². The van der Waals surface area contributed by atoms with E-state index in [4.69, 9.17) is 16.3 Å². The molecular weight excluding hydrogens is 474 g/mol. The summed E-state index contributed by atoms with van der Waals surface area (Å²) >= 11 is 7.26. The van der Waals surface area contributed by atoms with Crippen molar-refractivity contribution in [2.45, 2.75) is 12.1 Å². The lowest BCUT2D eigenvalue weighted by molar-refractivity contribution is -0.113. The van der Waals surface area contributed by atoms with E-state index in [9.17, 15) is 14.4 Å². The Bertz CT molecular complexity index is 1450. The molecule has 0 atom stereocenters. The van der Waals surface area contributed by atoms with Gasteiger partial charge in [0.05, 0.1) is 35.0 Å². The number of esters is 1. The molecule has 4 aromatic rings. The number of aromatic nitrogens is 2. The number of anilines is 1. The molecule has 1 amide bonds. The Morgan fingerprint density at radius 1 is 1.09 bits per heavy atom. The van der Waals surface area contributed by atoms with Gasteiger partial charge in [0.15, 0.2) is 5.16 Å². The van der Waals surface area contributed by atoms with Gasteiger partial charge >= 0.3 is 5.97 Å². The van der Waals surface area contributed by atoms with E-state index < -0.39 is 5.97 Å². The molecule has 0 aliphatic heterocycles. The standard InChI is InChI=1S/C25H20ClN3O4S/c1-15-19(26)9-6-10-20(15)27-22(30)14-34-25-28-21-13-16(24(32)33-2)11-12-18(21)23(31)29(25)17-7-4-3-5-8-17/h3-13H,14H2,1-2H3,(H,27,30). The van der Waals surface area contributed by atoms with Gasteiger partial charge in [0, 0.05) is 10.7 Å². The summed E-state index contributed by atoms with van der Waals surface area (Å²) < 4.78 is 6.24. The number of fused-ring (bicyclic) bond motifs is 1. The fourth-order valence-electron chi connectivity index (χ4n) is 3.37. The van der Waals surface area contributed by atoms with E-state index in [1.807, 2.05) is 25.1 Å². The van der Waals surface area contributed by atoms with Crippen molar-refractivity contribution < 1.29 is 14.3 Å². The first-order valence-electron chi connectivity index (χ1n) is 10.3. The number of para-hydroxylation sites is 1. The van der Waals surface area contributed by atoms with Gasteiger partial charge in [0.25, 0.3) is 5.56 Å². The molecule has 1 heterocycles. The number of benzene rings is 3. The lowest BCUT2D eigenvalue weighted by atomic mass is 10.1. The zero-order chi connectivity index (χ0) is 24.2. The normalized spacial score (nSPS) is 10.8. The molecule has 1 aromatic heterocycles. The van der Waals surface area contributed by atoms with Crippen LogP contribution in [0.4, 0.5) is 5.69 Å². The van der Waals surface area contributed by atoms with Crippen molar-refractivity contribution >= 4 is 51.8 Å². The number of carbonyl (C=O) groups excluding carboxylic acids is 2. The molecule has 0 unspecified atom stereocenters. The fraction of sp³-hybridized carbons (Fsp3) is 0.120. The first kappa shape index (κ1) is 23.5. The zero-order valence-electron chi connectivity index (χ0n) is 18.4. The van der Waals surface area contributed by atoms with Gasteiger partial charge in [-0.15, -0.1) is 0 Å². The minimum Gasteiger partial charge on any atom is -0.465 e. The largest absolute Gasteiger partial charge is 0.465 e. The number of rotatable bonds is 6. The van der Waals surface area contributed by atoms with Crippen molar-refractivity contribution in [3.8, 4) is 5.69 Å². The van der Waals surface area contributed by atoms with Crippen LogP contribution in [-0.2, 0) is 9.53 Å². The number of carbonyl (C=O) groups is 2. The van der Waals surface area contributed by atoms with Crippen LogP contribution < -0.4 is 10.9 Å². The van der Waals surface area contributed by atoms with E-state index in [1.54, 1.807) is 36.4 Å². The highest BCUT2D eigenvalue weighted by Crippen LogP contribution is 2.25. The van der Waals surface area contributed by atoms with E-state index in [0.29, 0.717) is 32.5 Å². The Morgan fingerprint density at radius 2 is 1.85 bits per heavy atom. The maximum absolute atomic E-state index is 13.4. The molecule has 0 saturated carbocycles. The highest BCUT2D eigenvalue weighted by molar-refractivity contribution is 7.99. The van der Waals surface area contributed by atoms with E-state index in [0.717, 1.165) is 17.3 Å². The first-order chi connectivity index (χ1) is 16.4. The minimum atomic E-state index is -0.526. The molecule has 34 heavy (non-hydrogen) atoms. The van der Waals surface area contributed by atoms with E-state index in [-0.39, 0.29) is 22.8 Å². The number of halogens is 1. The molecule has 7 nitrogen and oxygen atoms in total. The molecule has 0 spiro atoms. The number of methoxy groups -OCH3 is 1. The predicted molar refractivity (Wildman–Crippen MR) is 134 cm³/mol. The van der Waals surface area contributed by atoms with Gasteiger partial charge in [-0.05, 0) is 55.0 Å². The number of hydrogen-bond acceptors (Lipinski definition) is 6. The van der Waals surface area contributed by atoms with Crippen LogP contribution >= 0.6 is 23.4 Å². The van der Waals surface area contributed by atoms with E-state index in [2.05, 4.69) is 10.3 Å². The monoisotopic (exact) mass is 493 g/mol. The van der Waals surface area contributed by atoms with Crippen molar-refractivity contribution in [3.63, 3.8) is 0 Å². The predicted octanol–water partition coefficient (Wildman–Crippen LogP) is 4.86. The van der Waals surface area contributed by atoms with Crippen molar-refractivity contribution in [2.24, 2.45) is 0 Å². The number of amides is 1.